The van der Waals surface area contributed by atoms with E-state index in [0.717, 1.165) is 54.3 Å². The van der Waals surface area contributed by atoms with Crippen molar-refractivity contribution in [2.75, 3.05) is 6.54 Å². The number of nitrogens with zero attached hydrogens (tertiary/aromatic N) is 2. The quantitative estimate of drug-likeness (QED) is 0.862. The van der Waals surface area contributed by atoms with Crippen molar-refractivity contribution in [1.82, 2.24) is 14.9 Å². The maximum absolute atomic E-state index is 12.7. The first-order valence-corrected chi connectivity index (χ1v) is 9.09. The van der Waals surface area contributed by atoms with E-state index in [1.54, 1.807) is 0 Å². The van der Waals surface area contributed by atoms with Crippen LogP contribution in [0.15, 0.2) is 30.5 Å². The number of carbonyl (C=O) groups excluding carboxylic acids is 1. The molecule has 0 spiro atoms. The monoisotopic (exact) mass is 345 g/mol. The molecule has 1 fully saturated rings. The Labute approximate surface area is 148 Å². The van der Waals surface area contributed by atoms with Crippen molar-refractivity contribution in [3.05, 3.63) is 41.3 Å². The fourth-order valence-electron chi connectivity index (χ4n) is 3.22. The fraction of sp³-hybridized carbons (Fsp3) is 0.474. The first-order chi connectivity index (χ1) is 11.6. The molecule has 3 rings (SSSR count). The summed E-state index contributed by atoms with van der Waals surface area (Å²) in [6, 6.07) is 7.75. The molecule has 2 atom stereocenters. The summed E-state index contributed by atoms with van der Waals surface area (Å²) < 4.78 is 0. The molecule has 2 unspecified atom stereocenters. The SMILES string of the molecule is CCC(C)C(=O)N1CCCCC1c1ncc(-c2ccc(Cl)cc2)[nH]1. The van der Waals surface area contributed by atoms with E-state index in [9.17, 15) is 4.79 Å². The van der Waals surface area contributed by atoms with Crippen LogP contribution in [0.4, 0.5) is 0 Å². The Morgan fingerprint density at radius 1 is 1.38 bits per heavy atom. The van der Waals surface area contributed by atoms with Gasteiger partial charge in [-0.25, -0.2) is 4.98 Å². The third-order valence-electron chi connectivity index (χ3n) is 4.89. The third kappa shape index (κ3) is 3.48. The second-order valence-electron chi connectivity index (χ2n) is 6.54. The first-order valence-electron chi connectivity index (χ1n) is 8.71. The van der Waals surface area contributed by atoms with Gasteiger partial charge in [0.2, 0.25) is 5.91 Å². The highest BCUT2D eigenvalue weighted by Gasteiger charge is 2.31. The van der Waals surface area contributed by atoms with Gasteiger partial charge in [0.25, 0.3) is 0 Å². The van der Waals surface area contributed by atoms with Gasteiger partial charge < -0.3 is 9.88 Å². The molecule has 1 saturated heterocycles. The van der Waals surface area contributed by atoms with Crippen molar-refractivity contribution in [1.29, 1.82) is 0 Å². The number of rotatable bonds is 4. The van der Waals surface area contributed by atoms with Crippen LogP contribution in [0, 0.1) is 5.92 Å². The topological polar surface area (TPSA) is 49.0 Å². The van der Waals surface area contributed by atoms with E-state index in [0.29, 0.717) is 0 Å². The predicted octanol–water partition coefficient (Wildman–Crippen LogP) is 4.83. The zero-order valence-electron chi connectivity index (χ0n) is 14.3. The minimum Gasteiger partial charge on any atom is -0.340 e. The maximum atomic E-state index is 12.7. The fourth-order valence-corrected chi connectivity index (χ4v) is 3.35. The summed E-state index contributed by atoms with van der Waals surface area (Å²) in [4.78, 5) is 22.7. The van der Waals surface area contributed by atoms with Crippen molar-refractivity contribution < 1.29 is 4.79 Å². The standard InChI is InChI=1S/C19H24ClN3O/c1-3-13(2)19(24)23-11-5-4-6-17(23)18-21-12-16(22-18)14-7-9-15(20)10-8-14/h7-10,12-13,17H,3-6,11H2,1-2H3,(H,21,22). The second-order valence-corrected chi connectivity index (χ2v) is 6.98. The highest BCUT2D eigenvalue weighted by Crippen LogP contribution is 2.32. The Hall–Kier alpha value is -1.81. The molecule has 0 bridgehead atoms. The minimum absolute atomic E-state index is 0.0568. The Bertz CT molecular complexity index is 695. The number of piperidine rings is 1. The molecule has 1 aliphatic heterocycles. The van der Waals surface area contributed by atoms with Crippen molar-refractivity contribution >= 4 is 17.5 Å². The summed E-state index contributed by atoms with van der Waals surface area (Å²) in [5, 5.41) is 0.719. The van der Waals surface area contributed by atoms with Gasteiger partial charge in [-0.3, -0.25) is 4.79 Å². The molecule has 2 aromatic rings. The molecule has 0 aliphatic carbocycles. The lowest BCUT2D eigenvalue weighted by Gasteiger charge is -2.36. The molecule has 4 nitrogen and oxygen atoms in total. The first kappa shape index (κ1) is 17.0. The summed E-state index contributed by atoms with van der Waals surface area (Å²) in [7, 11) is 0. The van der Waals surface area contributed by atoms with E-state index in [1.165, 1.54) is 0 Å². The van der Waals surface area contributed by atoms with Crippen LogP contribution in [0.2, 0.25) is 5.02 Å². The van der Waals surface area contributed by atoms with Gasteiger partial charge in [-0.2, -0.15) is 0 Å². The number of carbonyl (C=O) groups is 1. The van der Waals surface area contributed by atoms with Gasteiger partial charge in [-0.15, -0.1) is 0 Å². The lowest BCUT2D eigenvalue weighted by molar-refractivity contribution is -0.139. The number of amides is 1. The summed E-state index contributed by atoms with van der Waals surface area (Å²) in [5.41, 5.74) is 2.01. The second kappa shape index (κ2) is 7.39. The summed E-state index contributed by atoms with van der Waals surface area (Å²) >= 11 is 5.95. The van der Waals surface area contributed by atoms with Gasteiger partial charge in [0.05, 0.1) is 17.9 Å². The lowest BCUT2D eigenvalue weighted by Crippen LogP contribution is -2.41. The van der Waals surface area contributed by atoms with Crippen LogP contribution >= 0.6 is 11.6 Å². The molecule has 1 amide bonds. The average molecular weight is 346 g/mol. The molecular formula is C19H24ClN3O. The van der Waals surface area contributed by atoms with E-state index < -0.39 is 0 Å². The van der Waals surface area contributed by atoms with Crippen molar-refractivity contribution in [3.63, 3.8) is 0 Å². The smallest absolute Gasteiger partial charge is 0.226 e. The van der Waals surface area contributed by atoms with Gasteiger partial charge >= 0.3 is 0 Å². The third-order valence-corrected chi connectivity index (χ3v) is 5.14. The Morgan fingerprint density at radius 2 is 2.12 bits per heavy atom. The number of aromatic nitrogens is 2. The van der Waals surface area contributed by atoms with Gasteiger partial charge in [0, 0.05) is 17.5 Å². The van der Waals surface area contributed by atoms with Crippen LogP contribution < -0.4 is 0 Å². The highest BCUT2D eigenvalue weighted by atomic mass is 35.5. The van der Waals surface area contributed by atoms with Crippen LogP contribution in [0.1, 0.15) is 51.4 Å². The number of H-pyrrole nitrogens is 1. The number of hydrogen-bond donors (Lipinski definition) is 1. The Balaban J connectivity index is 1.84. The van der Waals surface area contributed by atoms with Gasteiger partial charge in [-0.1, -0.05) is 37.6 Å². The van der Waals surface area contributed by atoms with Gasteiger partial charge in [0.15, 0.2) is 0 Å². The molecule has 1 aromatic carbocycles. The van der Waals surface area contributed by atoms with Gasteiger partial charge in [-0.05, 0) is 43.4 Å². The normalized spacial score (nSPS) is 19.3. The van der Waals surface area contributed by atoms with E-state index >= 15 is 0 Å². The van der Waals surface area contributed by atoms with E-state index in [4.69, 9.17) is 11.6 Å². The average Bonchev–Trinajstić information content (AvgIpc) is 3.11. The molecule has 2 heterocycles. The largest absolute Gasteiger partial charge is 0.340 e. The Morgan fingerprint density at radius 3 is 2.83 bits per heavy atom. The van der Waals surface area contributed by atoms with Crippen LogP contribution in [0.25, 0.3) is 11.3 Å². The lowest BCUT2D eigenvalue weighted by atomic mass is 9.98. The number of nitrogens with one attached hydrogen (secondary N) is 1. The van der Waals surface area contributed by atoms with Crippen LogP contribution in [-0.2, 0) is 4.79 Å². The molecule has 1 aromatic heterocycles. The molecule has 128 valence electrons. The highest BCUT2D eigenvalue weighted by molar-refractivity contribution is 6.30. The number of halogens is 1. The van der Waals surface area contributed by atoms with Crippen molar-refractivity contribution in [3.8, 4) is 11.3 Å². The maximum Gasteiger partial charge on any atom is 0.226 e. The summed E-state index contributed by atoms with van der Waals surface area (Å²) in [5.74, 6) is 1.19. The number of aromatic amines is 1. The summed E-state index contributed by atoms with van der Waals surface area (Å²) in [6.07, 6.45) is 5.89. The van der Waals surface area contributed by atoms with Crippen molar-refractivity contribution in [2.45, 2.75) is 45.6 Å². The van der Waals surface area contributed by atoms with Crippen molar-refractivity contribution in [2.24, 2.45) is 5.92 Å². The zero-order valence-corrected chi connectivity index (χ0v) is 15.0. The molecule has 0 saturated carbocycles. The van der Waals surface area contributed by atoms with Crippen LogP contribution in [0.5, 0.6) is 0 Å². The molecule has 1 aliphatic rings. The molecule has 24 heavy (non-hydrogen) atoms. The summed E-state index contributed by atoms with van der Waals surface area (Å²) in [6.45, 7) is 4.90. The molecule has 0 radical (unpaired) electrons. The zero-order chi connectivity index (χ0) is 17.1. The minimum atomic E-state index is 0.0568. The van der Waals surface area contributed by atoms with Crippen LogP contribution in [-0.4, -0.2) is 27.3 Å². The van der Waals surface area contributed by atoms with Crippen LogP contribution in [0.3, 0.4) is 0 Å². The number of imidazole rings is 1. The Kier molecular flexibility index (Phi) is 5.24. The van der Waals surface area contributed by atoms with E-state index in [1.807, 2.05) is 42.3 Å². The number of likely N-dealkylation sites (tertiary alicyclic amines) is 1. The number of hydrogen-bond acceptors (Lipinski definition) is 2. The number of benzene rings is 1. The van der Waals surface area contributed by atoms with Gasteiger partial charge in [0.1, 0.15) is 5.82 Å². The predicted molar refractivity (Wildman–Crippen MR) is 96.8 cm³/mol. The molecule has 1 N–H and O–H groups in total. The molecule has 5 heteroatoms. The molecular weight excluding hydrogens is 322 g/mol. The van der Waals surface area contributed by atoms with E-state index in [2.05, 4.69) is 16.9 Å². The van der Waals surface area contributed by atoms with E-state index in [-0.39, 0.29) is 17.9 Å².